The first-order chi connectivity index (χ1) is 14.8. The standard InChI is InChI=1S/C26H28O4S/c1-26(2,3)30-23(25(27)28)21-15-22(17-8-5-4-6-9-17)31-24(21)19-11-12-20-16-29-13-7-10-18(20)14-19/h4-6,8-9,11-12,14-15,23H,7,10,13,16H2,1-3H3,(H,27,28). The van der Waals surface area contributed by atoms with Crippen LogP contribution in [0.15, 0.2) is 54.6 Å². The summed E-state index contributed by atoms with van der Waals surface area (Å²) < 4.78 is 11.7. The molecule has 0 bridgehead atoms. The van der Waals surface area contributed by atoms with Crippen molar-refractivity contribution in [2.75, 3.05) is 6.61 Å². The van der Waals surface area contributed by atoms with Crippen molar-refractivity contribution < 1.29 is 19.4 Å². The molecule has 1 aromatic heterocycles. The van der Waals surface area contributed by atoms with Gasteiger partial charge in [0.2, 0.25) is 0 Å². The van der Waals surface area contributed by atoms with Crippen LogP contribution in [0.1, 0.15) is 50.0 Å². The van der Waals surface area contributed by atoms with Crippen molar-refractivity contribution in [1.82, 2.24) is 0 Å². The summed E-state index contributed by atoms with van der Waals surface area (Å²) in [5.74, 6) is -0.975. The van der Waals surface area contributed by atoms with Crippen LogP contribution in [0.3, 0.4) is 0 Å². The van der Waals surface area contributed by atoms with Crippen molar-refractivity contribution in [2.24, 2.45) is 0 Å². The maximum atomic E-state index is 12.2. The number of aryl methyl sites for hydroxylation is 1. The van der Waals surface area contributed by atoms with Crippen molar-refractivity contribution in [3.8, 4) is 20.9 Å². The Labute approximate surface area is 187 Å². The first-order valence-corrected chi connectivity index (χ1v) is 11.4. The summed E-state index contributed by atoms with van der Waals surface area (Å²) in [6, 6.07) is 18.4. The van der Waals surface area contributed by atoms with E-state index in [0.717, 1.165) is 40.3 Å². The van der Waals surface area contributed by atoms with Crippen LogP contribution in [-0.2, 0) is 27.3 Å². The minimum Gasteiger partial charge on any atom is -0.479 e. The van der Waals surface area contributed by atoms with Gasteiger partial charge in [-0.25, -0.2) is 4.79 Å². The molecule has 4 nitrogen and oxygen atoms in total. The second-order valence-electron chi connectivity index (χ2n) is 8.85. The molecule has 162 valence electrons. The number of carboxylic acids is 1. The number of hydrogen-bond donors (Lipinski definition) is 1. The first kappa shape index (κ1) is 21.8. The molecule has 1 aliphatic rings. The molecule has 2 heterocycles. The van der Waals surface area contributed by atoms with E-state index in [-0.39, 0.29) is 0 Å². The third-order valence-corrected chi connectivity index (χ3v) is 6.51. The molecular weight excluding hydrogens is 408 g/mol. The lowest BCUT2D eigenvalue weighted by Crippen LogP contribution is -2.27. The number of fused-ring (bicyclic) bond motifs is 1. The van der Waals surface area contributed by atoms with Crippen molar-refractivity contribution in [3.63, 3.8) is 0 Å². The van der Waals surface area contributed by atoms with Crippen molar-refractivity contribution in [2.45, 2.75) is 51.9 Å². The van der Waals surface area contributed by atoms with Crippen LogP contribution in [0.4, 0.5) is 0 Å². The summed E-state index contributed by atoms with van der Waals surface area (Å²) >= 11 is 1.62. The van der Waals surface area contributed by atoms with Crippen molar-refractivity contribution in [1.29, 1.82) is 0 Å². The van der Waals surface area contributed by atoms with E-state index < -0.39 is 17.7 Å². The van der Waals surface area contributed by atoms with Gasteiger partial charge in [0.05, 0.1) is 12.2 Å². The predicted molar refractivity (Wildman–Crippen MR) is 124 cm³/mol. The highest BCUT2D eigenvalue weighted by molar-refractivity contribution is 7.19. The number of thiophene rings is 1. The minimum absolute atomic E-state index is 0.583. The summed E-state index contributed by atoms with van der Waals surface area (Å²) in [4.78, 5) is 14.2. The summed E-state index contributed by atoms with van der Waals surface area (Å²) in [7, 11) is 0. The molecule has 1 unspecified atom stereocenters. The number of aliphatic carboxylic acids is 1. The zero-order valence-corrected chi connectivity index (χ0v) is 19.0. The van der Waals surface area contributed by atoms with Gasteiger partial charge in [-0.2, -0.15) is 0 Å². The third kappa shape index (κ3) is 5.06. The van der Waals surface area contributed by atoms with Crippen LogP contribution in [0, 0.1) is 0 Å². The van der Waals surface area contributed by atoms with Gasteiger partial charge >= 0.3 is 5.97 Å². The minimum atomic E-state index is -1.04. The molecule has 0 radical (unpaired) electrons. The average molecular weight is 437 g/mol. The fourth-order valence-corrected chi connectivity index (χ4v) is 5.05. The second-order valence-corrected chi connectivity index (χ2v) is 9.90. The van der Waals surface area contributed by atoms with E-state index in [1.165, 1.54) is 11.1 Å². The molecule has 3 aromatic rings. The molecular formula is C26H28O4S. The number of rotatable bonds is 5. The lowest BCUT2D eigenvalue weighted by atomic mass is 9.97. The largest absolute Gasteiger partial charge is 0.479 e. The smallest absolute Gasteiger partial charge is 0.337 e. The molecule has 4 rings (SSSR count). The summed E-state index contributed by atoms with van der Waals surface area (Å²) in [5.41, 5.74) is 4.72. The van der Waals surface area contributed by atoms with Crippen LogP contribution in [0.5, 0.6) is 0 Å². The fourth-order valence-electron chi connectivity index (χ4n) is 3.86. The Morgan fingerprint density at radius 3 is 2.55 bits per heavy atom. The molecule has 0 saturated carbocycles. The van der Waals surface area contributed by atoms with Crippen LogP contribution in [0.25, 0.3) is 20.9 Å². The zero-order valence-electron chi connectivity index (χ0n) is 18.2. The maximum absolute atomic E-state index is 12.2. The molecule has 1 atom stereocenters. The summed E-state index contributed by atoms with van der Waals surface area (Å²) in [5, 5.41) is 10.0. The molecule has 1 aliphatic heterocycles. The molecule has 31 heavy (non-hydrogen) atoms. The second kappa shape index (κ2) is 8.95. The van der Waals surface area contributed by atoms with E-state index >= 15 is 0 Å². The first-order valence-electron chi connectivity index (χ1n) is 10.6. The molecule has 0 fully saturated rings. The maximum Gasteiger partial charge on any atom is 0.337 e. The zero-order chi connectivity index (χ0) is 22.0. The van der Waals surface area contributed by atoms with Gasteiger partial charge in [-0.1, -0.05) is 42.5 Å². The number of carbonyl (C=O) groups is 1. The number of benzene rings is 2. The van der Waals surface area contributed by atoms with Crippen LogP contribution >= 0.6 is 11.3 Å². The Bertz CT molecular complexity index is 1060. The monoisotopic (exact) mass is 436 g/mol. The highest BCUT2D eigenvalue weighted by Crippen LogP contribution is 2.43. The quantitative estimate of drug-likeness (QED) is 0.497. The number of carboxylic acid groups (broad SMARTS) is 1. The predicted octanol–water partition coefficient (Wildman–Crippen LogP) is 6.49. The molecule has 0 spiro atoms. The highest BCUT2D eigenvalue weighted by atomic mass is 32.1. The van der Waals surface area contributed by atoms with E-state index in [9.17, 15) is 9.90 Å². The molecule has 1 N–H and O–H groups in total. The van der Waals surface area contributed by atoms with Gasteiger partial charge in [0.1, 0.15) is 0 Å². The Hall–Kier alpha value is -2.47. The molecule has 0 amide bonds. The SMILES string of the molecule is CC(C)(C)OC(C(=O)O)c1cc(-c2ccccc2)sc1-c1ccc2c(c1)CCCOC2. The van der Waals surface area contributed by atoms with Crippen molar-refractivity contribution in [3.05, 3.63) is 71.3 Å². The van der Waals surface area contributed by atoms with Crippen molar-refractivity contribution >= 4 is 17.3 Å². The summed E-state index contributed by atoms with van der Waals surface area (Å²) in [6.07, 6.45) is 0.926. The van der Waals surface area contributed by atoms with E-state index in [0.29, 0.717) is 12.2 Å². The van der Waals surface area contributed by atoms with Gasteiger partial charge < -0.3 is 14.6 Å². The molecule has 0 saturated heterocycles. The van der Waals surface area contributed by atoms with E-state index in [1.807, 2.05) is 57.2 Å². The van der Waals surface area contributed by atoms with E-state index in [4.69, 9.17) is 9.47 Å². The van der Waals surface area contributed by atoms with Gasteiger partial charge in [0, 0.05) is 21.9 Å². The normalized spacial score (nSPS) is 15.2. The number of hydrogen-bond acceptors (Lipinski definition) is 4. The highest BCUT2D eigenvalue weighted by Gasteiger charge is 2.31. The summed E-state index contributed by atoms with van der Waals surface area (Å²) in [6.45, 7) is 7.06. The Kier molecular flexibility index (Phi) is 6.28. The Morgan fingerprint density at radius 1 is 1.06 bits per heavy atom. The van der Waals surface area contributed by atoms with Gasteiger partial charge in [0.15, 0.2) is 6.10 Å². The fraction of sp³-hybridized carbons (Fsp3) is 0.346. The van der Waals surface area contributed by atoms with Crippen LogP contribution in [-0.4, -0.2) is 23.3 Å². The van der Waals surface area contributed by atoms with E-state index in [1.54, 1.807) is 11.3 Å². The Balaban J connectivity index is 1.85. The molecule has 5 heteroatoms. The van der Waals surface area contributed by atoms with Gasteiger partial charge in [-0.3, -0.25) is 0 Å². The van der Waals surface area contributed by atoms with Gasteiger partial charge in [-0.05, 0) is 68.0 Å². The lowest BCUT2D eigenvalue weighted by Gasteiger charge is -2.25. The molecule has 0 aliphatic carbocycles. The third-order valence-electron chi connectivity index (χ3n) is 5.26. The van der Waals surface area contributed by atoms with Gasteiger partial charge in [-0.15, -0.1) is 11.3 Å². The average Bonchev–Trinajstić information content (AvgIpc) is 3.03. The Morgan fingerprint density at radius 2 is 1.84 bits per heavy atom. The van der Waals surface area contributed by atoms with Gasteiger partial charge in [0.25, 0.3) is 0 Å². The van der Waals surface area contributed by atoms with Crippen LogP contribution in [0.2, 0.25) is 0 Å². The lowest BCUT2D eigenvalue weighted by molar-refractivity contribution is -0.160. The number of ether oxygens (including phenoxy) is 2. The van der Waals surface area contributed by atoms with Crippen LogP contribution < -0.4 is 0 Å². The molecule has 2 aromatic carbocycles. The van der Waals surface area contributed by atoms with E-state index in [2.05, 4.69) is 18.2 Å². The topological polar surface area (TPSA) is 55.8 Å².